The number of benzene rings is 1. The van der Waals surface area contributed by atoms with Crippen LogP contribution < -0.4 is 10.6 Å². The van der Waals surface area contributed by atoms with E-state index in [4.69, 9.17) is 4.74 Å². The van der Waals surface area contributed by atoms with E-state index >= 15 is 0 Å². The Bertz CT molecular complexity index is 434. The van der Waals surface area contributed by atoms with Crippen molar-refractivity contribution in [2.75, 3.05) is 13.2 Å². The summed E-state index contributed by atoms with van der Waals surface area (Å²) in [6, 6.07) is 9.57. The second kappa shape index (κ2) is 6.89. The number of hydrogen-bond donors (Lipinski definition) is 2. The van der Waals surface area contributed by atoms with E-state index in [2.05, 4.69) is 10.6 Å². The highest BCUT2D eigenvalue weighted by Crippen LogP contribution is 2.02. The Morgan fingerprint density at radius 1 is 1.37 bits per heavy atom. The zero-order chi connectivity index (χ0) is 13.5. The van der Waals surface area contributed by atoms with Crippen LogP contribution in [0.5, 0.6) is 0 Å². The lowest BCUT2D eigenvalue weighted by Crippen LogP contribution is -2.61. The standard InChI is InChI=1S/C14H18N2O3/c17-13(16-12-9-15-14(12)18)7-4-8-19-10-11-5-2-1-3-6-11/h1-3,5-6,12H,4,7-10H2,(H,15,18)(H,16,17)/t12-/m0/s1. The molecule has 19 heavy (non-hydrogen) atoms. The normalized spacial score (nSPS) is 17.5. The van der Waals surface area contributed by atoms with Gasteiger partial charge in [-0.2, -0.15) is 0 Å². The molecule has 1 aliphatic heterocycles. The lowest BCUT2D eigenvalue weighted by molar-refractivity contribution is -0.133. The summed E-state index contributed by atoms with van der Waals surface area (Å²) in [7, 11) is 0. The first-order valence-electron chi connectivity index (χ1n) is 6.44. The van der Waals surface area contributed by atoms with Gasteiger partial charge in [-0.05, 0) is 12.0 Å². The predicted molar refractivity (Wildman–Crippen MR) is 70.3 cm³/mol. The zero-order valence-corrected chi connectivity index (χ0v) is 10.7. The number of carbonyl (C=O) groups excluding carboxylic acids is 2. The zero-order valence-electron chi connectivity index (χ0n) is 10.7. The minimum Gasteiger partial charge on any atom is -0.377 e. The van der Waals surface area contributed by atoms with Crippen LogP contribution in [0.3, 0.4) is 0 Å². The van der Waals surface area contributed by atoms with Gasteiger partial charge in [0.15, 0.2) is 0 Å². The molecule has 0 saturated carbocycles. The lowest BCUT2D eigenvalue weighted by Gasteiger charge is -2.26. The van der Waals surface area contributed by atoms with Crippen LogP contribution in [0, 0.1) is 0 Å². The molecule has 5 nitrogen and oxygen atoms in total. The van der Waals surface area contributed by atoms with Gasteiger partial charge in [0.05, 0.1) is 6.61 Å². The number of rotatable bonds is 7. The molecule has 1 aromatic carbocycles. The Morgan fingerprint density at radius 3 is 2.79 bits per heavy atom. The van der Waals surface area contributed by atoms with E-state index < -0.39 is 0 Å². The van der Waals surface area contributed by atoms with Gasteiger partial charge in [0.2, 0.25) is 11.8 Å². The Hall–Kier alpha value is -1.88. The lowest BCUT2D eigenvalue weighted by atomic mass is 10.1. The molecular formula is C14H18N2O3. The quantitative estimate of drug-likeness (QED) is 0.558. The van der Waals surface area contributed by atoms with Crippen molar-refractivity contribution in [2.24, 2.45) is 0 Å². The van der Waals surface area contributed by atoms with Crippen molar-refractivity contribution in [2.45, 2.75) is 25.5 Å². The smallest absolute Gasteiger partial charge is 0.244 e. The van der Waals surface area contributed by atoms with Gasteiger partial charge in [0.1, 0.15) is 6.04 Å². The van der Waals surface area contributed by atoms with Crippen LogP contribution in [-0.2, 0) is 20.9 Å². The third-order valence-corrected chi connectivity index (χ3v) is 2.94. The molecule has 0 bridgehead atoms. The monoisotopic (exact) mass is 262 g/mol. The topological polar surface area (TPSA) is 67.4 Å². The van der Waals surface area contributed by atoms with Gasteiger partial charge < -0.3 is 15.4 Å². The second-order valence-corrected chi connectivity index (χ2v) is 4.51. The summed E-state index contributed by atoms with van der Waals surface area (Å²) in [6.07, 6.45) is 1.05. The third-order valence-electron chi connectivity index (χ3n) is 2.94. The molecule has 102 valence electrons. The molecule has 1 heterocycles. The summed E-state index contributed by atoms with van der Waals surface area (Å²) in [4.78, 5) is 22.4. The Balaban J connectivity index is 1.52. The van der Waals surface area contributed by atoms with Crippen molar-refractivity contribution in [3.8, 4) is 0 Å². The summed E-state index contributed by atoms with van der Waals surface area (Å²) in [5.41, 5.74) is 1.12. The first-order chi connectivity index (χ1) is 9.25. The number of nitrogens with one attached hydrogen (secondary N) is 2. The molecule has 1 fully saturated rings. The minimum absolute atomic E-state index is 0.0943. The fraction of sp³-hybridized carbons (Fsp3) is 0.429. The van der Waals surface area contributed by atoms with Crippen LogP contribution in [0.25, 0.3) is 0 Å². The molecule has 2 N–H and O–H groups in total. The molecule has 2 amide bonds. The van der Waals surface area contributed by atoms with Crippen LogP contribution in [0.4, 0.5) is 0 Å². The van der Waals surface area contributed by atoms with E-state index in [9.17, 15) is 9.59 Å². The molecule has 5 heteroatoms. The molecular weight excluding hydrogens is 244 g/mol. The third kappa shape index (κ3) is 4.37. The highest BCUT2D eigenvalue weighted by molar-refractivity contribution is 5.92. The van der Waals surface area contributed by atoms with Crippen LogP contribution in [-0.4, -0.2) is 31.0 Å². The first-order valence-corrected chi connectivity index (χ1v) is 6.44. The average molecular weight is 262 g/mol. The Labute approximate surface area is 112 Å². The summed E-state index contributed by atoms with van der Waals surface area (Å²) in [5.74, 6) is -0.197. The molecule has 1 saturated heterocycles. The summed E-state index contributed by atoms with van der Waals surface area (Å²) < 4.78 is 5.48. The van der Waals surface area contributed by atoms with Crippen molar-refractivity contribution in [3.63, 3.8) is 0 Å². The van der Waals surface area contributed by atoms with Gasteiger partial charge in [-0.15, -0.1) is 0 Å². The highest BCUT2D eigenvalue weighted by atomic mass is 16.5. The molecule has 1 aromatic rings. The van der Waals surface area contributed by atoms with E-state index in [0.717, 1.165) is 5.56 Å². The fourth-order valence-corrected chi connectivity index (χ4v) is 1.77. The molecule has 0 spiro atoms. The summed E-state index contributed by atoms with van der Waals surface area (Å²) >= 11 is 0. The maximum Gasteiger partial charge on any atom is 0.244 e. The van der Waals surface area contributed by atoms with Crippen molar-refractivity contribution in [3.05, 3.63) is 35.9 Å². The van der Waals surface area contributed by atoms with Crippen LogP contribution in [0.15, 0.2) is 30.3 Å². The van der Waals surface area contributed by atoms with Gasteiger partial charge in [0, 0.05) is 19.6 Å². The van der Waals surface area contributed by atoms with Crippen molar-refractivity contribution < 1.29 is 14.3 Å². The van der Waals surface area contributed by atoms with Crippen LogP contribution in [0.1, 0.15) is 18.4 Å². The van der Waals surface area contributed by atoms with E-state index in [1.807, 2.05) is 30.3 Å². The van der Waals surface area contributed by atoms with Gasteiger partial charge in [-0.3, -0.25) is 9.59 Å². The first kappa shape index (κ1) is 13.5. The second-order valence-electron chi connectivity index (χ2n) is 4.51. The van der Waals surface area contributed by atoms with E-state index in [1.54, 1.807) is 0 Å². The largest absolute Gasteiger partial charge is 0.377 e. The molecule has 1 atom stereocenters. The van der Waals surface area contributed by atoms with Gasteiger partial charge in [0.25, 0.3) is 0 Å². The molecule has 1 aliphatic rings. The molecule has 0 aromatic heterocycles. The molecule has 0 aliphatic carbocycles. The Kier molecular flexibility index (Phi) is 4.92. The number of ether oxygens (including phenoxy) is 1. The molecule has 0 radical (unpaired) electrons. The molecule has 0 unspecified atom stereocenters. The van der Waals surface area contributed by atoms with E-state index in [1.165, 1.54) is 0 Å². The average Bonchev–Trinajstić information content (AvgIpc) is 2.44. The fourth-order valence-electron chi connectivity index (χ4n) is 1.77. The van der Waals surface area contributed by atoms with E-state index in [-0.39, 0.29) is 17.9 Å². The highest BCUT2D eigenvalue weighted by Gasteiger charge is 2.28. The summed E-state index contributed by atoms with van der Waals surface area (Å²) in [5, 5.41) is 5.25. The Morgan fingerprint density at radius 2 is 2.16 bits per heavy atom. The van der Waals surface area contributed by atoms with Crippen molar-refractivity contribution in [1.29, 1.82) is 0 Å². The minimum atomic E-state index is -0.335. The van der Waals surface area contributed by atoms with Crippen molar-refractivity contribution in [1.82, 2.24) is 10.6 Å². The number of hydrogen-bond acceptors (Lipinski definition) is 3. The number of β-lactam (4-membered cyclic amide) rings is 1. The van der Waals surface area contributed by atoms with Gasteiger partial charge in [-0.1, -0.05) is 30.3 Å². The van der Waals surface area contributed by atoms with Crippen LogP contribution >= 0.6 is 0 Å². The maximum atomic E-state index is 11.5. The van der Waals surface area contributed by atoms with Crippen molar-refractivity contribution >= 4 is 11.8 Å². The van der Waals surface area contributed by atoms with Gasteiger partial charge in [-0.25, -0.2) is 0 Å². The number of amides is 2. The maximum absolute atomic E-state index is 11.5. The van der Waals surface area contributed by atoms with Gasteiger partial charge >= 0.3 is 0 Å². The number of carbonyl (C=O) groups is 2. The van der Waals surface area contributed by atoms with Crippen LogP contribution in [0.2, 0.25) is 0 Å². The predicted octanol–water partition coefficient (Wildman–Crippen LogP) is 0.598. The molecule has 2 rings (SSSR count). The summed E-state index contributed by atoms with van der Waals surface area (Å²) in [6.45, 7) is 1.64. The van der Waals surface area contributed by atoms with E-state index in [0.29, 0.717) is 32.6 Å². The SMILES string of the molecule is O=C(CCCOCc1ccccc1)N[C@H]1CNC1=O.